The summed E-state index contributed by atoms with van der Waals surface area (Å²) in [6.07, 6.45) is -4.91. The van der Waals surface area contributed by atoms with Crippen LogP contribution in [0.25, 0.3) is 0 Å². The van der Waals surface area contributed by atoms with Crippen molar-refractivity contribution in [2.75, 3.05) is 0 Å². The molecule has 84 valence electrons. The van der Waals surface area contributed by atoms with Gasteiger partial charge in [-0.05, 0) is 6.92 Å². The quantitative estimate of drug-likeness (QED) is 0.782. The summed E-state index contributed by atoms with van der Waals surface area (Å²) in [5.74, 6) is -0.814. The fraction of sp³-hybridized carbons (Fsp3) is 0.375. The zero-order valence-corrected chi connectivity index (χ0v) is 7.61. The Labute approximate surface area is 81.7 Å². The summed E-state index contributed by atoms with van der Waals surface area (Å²) in [4.78, 5) is 13.1. The van der Waals surface area contributed by atoms with E-state index in [4.69, 9.17) is 0 Å². The second kappa shape index (κ2) is 3.92. The van der Waals surface area contributed by atoms with Gasteiger partial charge in [-0.25, -0.2) is 4.39 Å². The van der Waals surface area contributed by atoms with Gasteiger partial charge in [0.25, 0.3) is 0 Å². The zero-order valence-electron chi connectivity index (χ0n) is 7.61. The maximum atomic E-state index is 12.3. The van der Waals surface area contributed by atoms with Crippen LogP contribution in [0.4, 0.5) is 17.6 Å². The Hall–Kier alpha value is -1.53. The molecule has 1 heterocycles. The molecule has 0 aliphatic rings. The van der Waals surface area contributed by atoms with Crippen molar-refractivity contribution >= 4 is 0 Å². The van der Waals surface area contributed by atoms with E-state index in [2.05, 4.69) is 4.74 Å². The Morgan fingerprint density at radius 3 is 2.53 bits per heavy atom. The summed E-state index contributed by atoms with van der Waals surface area (Å²) in [5.41, 5.74) is -0.894. The molecule has 1 aromatic rings. The molecule has 7 heteroatoms. The maximum absolute atomic E-state index is 12.3. The smallest absolute Gasteiger partial charge is 0.390 e. The molecule has 0 saturated carbocycles. The Bertz CT molecular complexity index is 410. The van der Waals surface area contributed by atoms with E-state index in [0.29, 0.717) is 6.07 Å². The van der Waals surface area contributed by atoms with Crippen molar-refractivity contribution in [3.05, 3.63) is 27.5 Å². The number of ether oxygens (including phenoxy) is 1. The molecular formula is C8H7F4NO2. The second-order valence-corrected chi connectivity index (χ2v) is 2.78. The molecule has 15 heavy (non-hydrogen) atoms. The van der Waals surface area contributed by atoms with Crippen LogP contribution >= 0.6 is 0 Å². The first kappa shape index (κ1) is 11.5. The van der Waals surface area contributed by atoms with E-state index in [0.717, 1.165) is 0 Å². The highest BCUT2D eigenvalue weighted by atomic mass is 19.4. The van der Waals surface area contributed by atoms with Gasteiger partial charge in [-0.1, -0.05) is 0 Å². The summed E-state index contributed by atoms with van der Waals surface area (Å²) >= 11 is 0. The van der Waals surface area contributed by atoms with E-state index in [1.54, 1.807) is 0 Å². The van der Waals surface area contributed by atoms with Gasteiger partial charge in [-0.3, -0.25) is 4.79 Å². The predicted octanol–water partition coefficient (Wildman–Crippen LogP) is 2.05. The van der Waals surface area contributed by atoms with Crippen LogP contribution in [0.2, 0.25) is 0 Å². The van der Waals surface area contributed by atoms with Gasteiger partial charge in [-0.2, -0.15) is 0 Å². The molecule has 1 aromatic heterocycles. The molecule has 1 N–H and O–H groups in total. The largest absolute Gasteiger partial charge is 0.574 e. The average Bonchev–Trinajstić information content (AvgIpc) is 2.08. The Balaban J connectivity index is 3.12. The van der Waals surface area contributed by atoms with E-state index >= 15 is 0 Å². The molecule has 0 radical (unpaired) electrons. The highest BCUT2D eigenvalue weighted by Gasteiger charge is 2.31. The van der Waals surface area contributed by atoms with Crippen LogP contribution in [0.3, 0.4) is 0 Å². The van der Waals surface area contributed by atoms with Gasteiger partial charge in [0.15, 0.2) is 5.43 Å². The van der Waals surface area contributed by atoms with Crippen molar-refractivity contribution in [3.63, 3.8) is 0 Å². The van der Waals surface area contributed by atoms with Crippen molar-refractivity contribution < 1.29 is 22.3 Å². The molecule has 0 bridgehead atoms. The molecule has 0 spiro atoms. The Morgan fingerprint density at radius 1 is 1.47 bits per heavy atom. The standard InChI is InChI=1S/C8H7F4NO2/c1-4-5(3-9)13-7(2-6(4)14)15-8(10,11)12/h2H,3H2,1H3,(H,13,14). The van der Waals surface area contributed by atoms with E-state index in [1.807, 2.05) is 4.98 Å². The molecule has 0 fully saturated rings. The monoisotopic (exact) mass is 225 g/mol. The minimum atomic E-state index is -4.91. The molecule has 0 aliphatic heterocycles. The van der Waals surface area contributed by atoms with Crippen molar-refractivity contribution in [2.24, 2.45) is 0 Å². The van der Waals surface area contributed by atoms with Gasteiger partial charge in [-0.15, -0.1) is 13.2 Å². The van der Waals surface area contributed by atoms with Crippen LogP contribution in [0.1, 0.15) is 11.3 Å². The number of aromatic amines is 1. The number of aromatic nitrogens is 1. The van der Waals surface area contributed by atoms with Gasteiger partial charge in [0.2, 0.25) is 5.88 Å². The number of rotatable bonds is 2. The van der Waals surface area contributed by atoms with Crippen molar-refractivity contribution in [1.82, 2.24) is 4.98 Å². The average molecular weight is 225 g/mol. The van der Waals surface area contributed by atoms with Crippen molar-refractivity contribution in [2.45, 2.75) is 20.0 Å². The fourth-order valence-corrected chi connectivity index (χ4v) is 0.968. The molecule has 0 amide bonds. The number of hydrogen-bond donors (Lipinski definition) is 1. The number of nitrogens with one attached hydrogen (secondary N) is 1. The molecule has 0 unspecified atom stereocenters. The number of halogens is 4. The van der Waals surface area contributed by atoms with Crippen LogP contribution in [0, 0.1) is 6.92 Å². The normalized spacial score (nSPS) is 11.5. The third kappa shape index (κ3) is 2.97. The van der Waals surface area contributed by atoms with Crippen LogP contribution in [0.5, 0.6) is 5.88 Å². The summed E-state index contributed by atoms with van der Waals surface area (Å²) in [6.45, 7) is 0.251. The topological polar surface area (TPSA) is 42.1 Å². The molecular weight excluding hydrogens is 218 g/mol. The summed E-state index contributed by atoms with van der Waals surface area (Å²) in [5, 5.41) is 0. The number of pyridine rings is 1. The first-order valence-corrected chi connectivity index (χ1v) is 3.88. The Kier molecular flexibility index (Phi) is 3.01. The van der Waals surface area contributed by atoms with Gasteiger partial charge in [0.05, 0.1) is 5.69 Å². The van der Waals surface area contributed by atoms with Crippen LogP contribution in [0.15, 0.2) is 10.9 Å². The fourth-order valence-electron chi connectivity index (χ4n) is 0.968. The lowest BCUT2D eigenvalue weighted by Crippen LogP contribution is -2.20. The van der Waals surface area contributed by atoms with E-state index in [1.165, 1.54) is 6.92 Å². The first-order chi connectivity index (χ1) is 6.83. The maximum Gasteiger partial charge on any atom is 0.574 e. The predicted molar refractivity (Wildman–Crippen MR) is 43.3 cm³/mol. The minimum Gasteiger partial charge on any atom is -0.390 e. The van der Waals surface area contributed by atoms with Crippen LogP contribution < -0.4 is 10.2 Å². The lowest BCUT2D eigenvalue weighted by Gasteiger charge is -2.10. The van der Waals surface area contributed by atoms with Gasteiger partial charge in [0, 0.05) is 11.6 Å². The summed E-state index contributed by atoms with van der Waals surface area (Å²) < 4.78 is 51.0. The van der Waals surface area contributed by atoms with E-state index in [-0.39, 0.29) is 11.3 Å². The third-order valence-electron chi connectivity index (χ3n) is 1.72. The molecule has 0 aromatic carbocycles. The first-order valence-electron chi connectivity index (χ1n) is 3.88. The van der Waals surface area contributed by atoms with E-state index < -0.39 is 24.3 Å². The highest BCUT2D eigenvalue weighted by Crippen LogP contribution is 2.20. The second-order valence-electron chi connectivity index (χ2n) is 2.78. The zero-order chi connectivity index (χ0) is 11.6. The third-order valence-corrected chi connectivity index (χ3v) is 1.72. The molecule has 1 rings (SSSR count). The van der Waals surface area contributed by atoms with Gasteiger partial charge in [0.1, 0.15) is 6.67 Å². The molecule has 0 saturated heterocycles. The molecule has 3 nitrogen and oxygen atoms in total. The van der Waals surface area contributed by atoms with Crippen LogP contribution in [-0.2, 0) is 6.67 Å². The van der Waals surface area contributed by atoms with Crippen molar-refractivity contribution in [3.8, 4) is 5.88 Å². The number of alkyl halides is 4. The van der Waals surface area contributed by atoms with Gasteiger partial charge >= 0.3 is 6.36 Å². The molecule has 0 aliphatic carbocycles. The van der Waals surface area contributed by atoms with Crippen LogP contribution in [-0.4, -0.2) is 11.3 Å². The summed E-state index contributed by atoms with van der Waals surface area (Å²) in [7, 11) is 0. The van der Waals surface area contributed by atoms with Crippen molar-refractivity contribution in [1.29, 1.82) is 0 Å². The summed E-state index contributed by atoms with van der Waals surface area (Å²) in [6, 6.07) is 0.627. The minimum absolute atomic E-state index is 0.0343. The SMILES string of the molecule is Cc1c(CF)[nH]c(OC(F)(F)F)cc1=O. The highest BCUT2D eigenvalue weighted by molar-refractivity contribution is 5.24. The van der Waals surface area contributed by atoms with Gasteiger partial charge < -0.3 is 9.72 Å². The molecule has 0 atom stereocenters. The number of H-pyrrole nitrogens is 1. The number of hydrogen-bond acceptors (Lipinski definition) is 2. The van der Waals surface area contributed by atoms with E-state index in [9.17, 15) is 22.4 Å². The Morgan fingerprint density at radius 2 is 2.07 bits per heavy atom. The lowest BCUT2D eigenvalue weighted by atomic mass is 10.2. The lowest BCUT2D eigenvalue weighted by molar-refractivity contribution is -0.276.